The molecular formula is C17H16F5N7. The summed E-state index contributed by atoms with van der Waals surface area (Å²) in [5.41, 5.74) is 0.0477. The summed E-state index contributed by atoms with van der Waals surface area (Å²) in [5.74, 6) is -0.766. The Balaban J connectivity index is 1.60. The zero-order valence-corrected chi connectivity index (χ0v) is 14.9. The topological polar surface area (TPSA) is 91.5 Å². The molecule has 2 fully saturated rings. The Bertz CT molecular complexity index is 945. The quantitative estimate of drug-likeness (QED) is 0.665. The van der Waals surface area contributed by atoms with E-state index in [0.717, 1.165) is 18.5 Å². The van der Waals surface area contributed by atoms with E-state index in [9.17, 15) is 22.0 Å². The molecule has 0 aliphatic heterocycles. The van der Waals surface area contributed by atoms with Gasteiger partial charge in [0.15, 0.2) is 0 Å². The van der Waals surface area contributed by atoms with Crippen molar-refractivity contribution in [3.05, 3.63) is 23.7 Å². The summed E-state index contributed by atoms with van der Waals surface area (Å²) in [6.07, 6.45) is -2.82. The van der Waals surface area contributed by atoms with Gasteiger partial charge in [-0.3, -0.25) is 4.68 Å². The third-order valence-electron chi connectivity index (χ3n) is 4.75. The lowest BCUT2D eigenvalue weighted by molar-refractivity contribution is -0.137. The highest BCUT2D eigenvalue weighted by Gasteiger charge is 2.41. The van der Waals surface area contributed by atoms with Gasteiger partial charge in [-0.1, -0.05) is 0 Å². The van der Waals surface area contributed by atoms with Crippen molar-refractivity contribution in [3.63, 3.8) is 0 Å². The van der Waals surface area contributed by atoms with Crippen LogP contribution in [0, 0.1) is 17.2 Å². The van der Waals surface area contributed by atoms with E-state index in [2.05, 4.69) is 26.5 Å². The number of nitrogens with one attached hydrogen (secondary N) is 2. The van der Waals surface area contributed by atoms with Gasteiger partial charge in [0.25, 0.3) is 6.43 Å². The van der Waals surface area contributed by atoms with Crippen LogP contribution in [0.1, 0.15) is 42.5 Å². The average molecular weight is 413 g/mol. The zero-order valence-electron chi connectivity index (χ0n) is 14.9. The van der Waals surface area contributed by atoms with Crippen LogP contribution in [0.5, 0.6) is 0 Å². The fraction of sp³-hybridized carbons (Fsp3) is 0.529. The van der Waals surface area contributed by atoms with Gasteiger partial charge < -0.3 is 10.6 Å². The molecule has 2 aliphatic rings. The van der Waals surface area contributed by atoms with Crippen LogP contribution in [0.25, 0.3) is 0 Å². The SMILES string of the molecule is N#CC1CC1n1cc(Nc2ncc(C(F)(F)F)c(NCC(F)F)n2)c(C2CC2)n1. The second-order valence-corrected chi connectivity index (χ2v) is 7.07. The van der Waals surface area contributed by atoms with E-state index < -0.39 is 30.5 Å². The number of hydrogen-bond donors (Lipinski definition) is 2. The molecule has 0 aromatic carbocycles. The molecule has 4 rings (SSSR count). The maximum atomic E-state index is 13.1. The van der Waals surface area contributed by atoms with Crippen LogP contribution in [-0.4, -0.2) is 32.7 Å². The number of aromatic nitrogens is 4. The maximum absolute atomic E-state index is 13.1. The van der Waals surface area contributed by atoms with Gasteiger partial charge in [0.05, 0.1) is 36.0 Å². The largest absolute Gasteiger partial charge is 0.421 e. The van der Waals surface area contributed by atoms with Crippen molar-refractivity contribution < 1.29 is 22.0 Å². The summed E-state index contributed by atoms with van der Waals surface area (Å²) in [6, 6.07) is 2.16. The van der Waals surface area contributed by atoms with E-state index in [4.69, 9.17) is 5.26 Å². The van der Waals surface area contributed by atoms with Crippen LogP contribution in [0.3, 0.4) is 0 Å². The molecule has 29 heavy (non-hydrogen) atoms. The summed E-state index contributed by atoms with van der Waals surface area (Å²) in [5, 5.41) is 18.4. The molecule has 154 valence electrons. The minimum atomic E-state index is -4.79. The lowest BCUT2D eigenvalue weighted by atomic mass is 10.2. The Labute approximate surface area is 161 Å². The standard InChI is InChI=1S/C17H16F5N7/c18-13(19)6-24-15-10(17(20,21)22)5-25-16(27-15)26-11-7-29(12-3-9(12)4-23)28-14(11)8-1-2-8/h5,7-9,12-13H,1-3,6H2,(H2,24,25,26,27). The maximum Gasteiger partial charge on any atom is 0.421 e. The minimum absolute atomic E-state index is 0.0233. The lowest BCUT2D eigenvalue weighted by Gasteiger charge is -2.14. The second kappa shape index (κ2) is 7.13. The summed E-state index contributed by atoms with van der Waals surface area (Å²) < 4.78 is 65.9. The first-order valence-electron chi connectivity index (χ1n) is 8.98. The van der Waals surface area contributed by atoms with E-state index in [-0.39, 0.29) is 23.8 Å². The van der Waals surface area contributed by atoms with Gasteiger partial charge in [-0.25, -0.2) is 13.8 Å². The Morgan fingerprint density at radius 3 is 2.66 bits per heavy atom. The second-order valence-electron chi connectivity index (χ2n) is 7.07. The van der Waals surface area contributed by atoms with Crippen molar-refractivity contribution in [2.75, 3.05) is 17.2 Å². The molecule has 2 saturated carbocycles. The highest BCUT2D eigenvalue weighted by Crippen LogP contribution is 2.47. The highest BCUT2D eigenvalue weighted by molar-refractivity contribution is 5.59. The van der Waals surface area contributed by atoms with Gasteiger partial charge >= 0.3 is 6.18 Å². The first-order valence-corrected chi connectivity index (χ1v) is 8.98. The van der Waals surface area contributed by atoms with E-state index in [0.29, 0.717) is 18.3 Å². The lowest BCUT2D eigenvalue weighted by Crippen LogP contribution is -2.18. The van der Waals surface area contributed by atoms with Crippen LogP contribution in [0.15, 0.2) is 12.4 Å². The Hall–Kier alpha value is -2.97. The number of nitrogens with zero attached hydrogens (tertiary/aromatic N) is 5. The molecule has 0 saturated heterocycles. The first kappa shape index (κ1) is 19.4. The smallest absolute Gasteiger partial charge is 0.364 e. The third-order valence-corrected chi connectivity index (χ3v) is 4.75. The van der Waals surface area contributed by atoms with E-state index >= 15 is 0 Å². The van der Waals surface area contributed by atoms with Crippen molar-refractivity contribution >= 4 is 17.5 Å². The Kier molecular flexibility index (Phi) is 4.76. The normalized spacial score (nSPS) is 21.1. The highest BCUT2D eigenvalue weighted by atomic mass is 19.4. The number of nitriles is 1. The Morgan fingerprint density at radius 2 is 2.07 bits per heavy atom. The molecule has 0 spiro atoms. The molecule has 2 aromatic rings. The fourth-order valence-corrected chi connectivity index (χ4v) is 3.02. The number of hydrogen-bond acceptors (Lipinski definition) is 6. The van der Waals surface area contributed by atoms with E-state index in [1.807, 2.05) is 5.32 Å². The molecule has 2 aliphatic carbocycles. The molecule has 2 atom stereocenters. The van der Waals surface area contributed by atoms with Crippen LogP contribution in [0.4, 0.5) is 39.4 Å². The van der Waals surface area contributed by atoms with Crippen LogP contribution in [-0.2, 0) is 6.18 Å². The van der Waals surface area contributed by atoms with Crippen molar-refractivity contribution in [2.45, 2.75) is 43.8 Å². The zero-order chi connectivity index (χ0) is 20.8. The predicted molar refractivity (Wildman–Crippen MR) is 91.8 cm³/mol. The molecule has 2 N–H and O–H groups in total. The number of anilines is 3. The minimum Gasteiger partial charge on any atom is -0.364 e. The molecule has 2 unspecified atom stereocenters. The molecule has 2 heterocycles. The van der Waals surface area contributed by atoms with Crippen molar-refractivity contribution in [3.8, 4) is 6.07 Å². The van der Waals surface area contributed by atoms with E-state index in [1.165, 1.54) is 0 Å². The van der Waals surface area contributed by atoms with Crippen molar-refractivity contribution in [2.24, 2.45) is 5.92 Å². The molecule has 0 radical (unpaired) electrons. The van der Waals surface area contributed by atoms with Crippen LogP contribution >= 0.6 is 0 Å². The number of alkyl halides is 5. The van der Waals surface area contributed by atoms with Crippen molar-refractivity contribution in [1.82, 2.24) is 19.7 Å². The predicted octanol–water partition coefficient (Wildman–Crippen LogP) is 4.07. The molecule has 7 nitrogen and oxygen atoms in total. The first-order chi connectivity index (χ1) is 13.8. The summed E-state index contributed by atoms with van der Waals surface area (Å²) in [6.45, 7) is -0.970. The molecule has 0 amide bonds. The molecule has 0 bridgehead atoms. The number of rotatable bonds is 7. The number of halogens is 5. The average Bonchev–Trinajstić information content (AvgIpc) is 3.57. The third kappa shape index (κ3) is 4.23. The van der Waals surface area contributed by atoms with Gasteiger partial charge in [-0.15, -0.1) is 0 Å². The molecular weight excluding hydrogens is 397 g/mol. The van der Waals surface area contributed by atoms with Gasteiger partial charge in [0.2, 0.25) is 5.95 Å². The van der Waals surface area contributed by atoms with E-state index in [1.54, 1.807) is 10.9 Å². The van der Waals surface area contributed by atoms with Crippen molar-refractivity contribution in [1.29, 1.82) is 5.26 Å². The van der Waals surface area contributed by atoms with Gasteiger partial charge in [0, 0.05) is 18.3 Å². The summed E-state index contributed by atoms with van der Waals surface area (Å²) >= 11 is 0. The van der Waals surface area contributed by atoms with Gasteiger partial charge in [0.1, 0.15) is 11.4 Å². The Morgan fingerprint density at radius 1 is 1.31 bits per heavy atom. The van der Waals surface area contributed by atoms with Crippen LogP contribution in [0.2, 0.25) is 0 Å². The van der Waals surface area contributed by atoms with Crippen LogP contribution < -0.4 is 10.6 Å². The summed E-state index contributed by atoms with van der Waals surface area (Å²) in [4.78, 5) is 7.44. The fourth-order valence-electron chi connectivity index (χ4n) is 3.02. The summed E-state index contributed by atoms with van der Waals surface area (Å²) in [7, 11) is 0. The monoisotopic (exact) mass is 413 g/mol. The van der Waals surface area contributed by atoms with Gasteiger partial charge in [-0.2, -0.15) is 28.5 Å². The molecule has 2 aromatic heterocycles. The molecule has 12 heteroatoms. The van der Waals surface area contributed by atoms with Gasteiger partial charge in [-0.05, 0) is 19.3 Å².